The molecule has 3 rings (SSSR count). The number of aryl methyl sites for hydroxylation is 1. The molecule has 2 aromatic heterocycles. The van der Waals surface area contributed by atoms with Crippen LogP contribution in [0.15, 0.2) is 28.9 Å². The van der Waals surface area contributed by atoms with Crippen molar-refractivity contribution in [2.45, 2.75) is 13.5 Å². The summed E-state index contributed by atoms with van der Waals surface area (Å²) in [6.07, 6.45) is 1.80. The number of rotatable bonds is 4. The SMILES string of the molecule is Cc1cc(NC(=O)NCc2ccc(N3CCN(C)CC3)nc2)no1. The van der Waals surface area contributed by atoms with E-state index >= 15 is 0 Å². The van der Waals surface area contributed by atoms with Crippen LogP contribution in [0.5, 0.6) is 0 Å². The zero-order valence-electron chi connectivity index (χ0n) is 14.0. The molecule has 1 saturated heterocycles. The van der Waals surface area contributed by atoms with E-state index in [0.29, 0.717) is 18.1 Å². The lowest BCUT2D eigenvalue weighted by Crippen LogP contribution is -2.44. The smallest absolute Gasteiger partial charge is 0.320 e. The second-order valence-electron chi connectivity index (χ2n) is 5.95. The monoisotopic (exact) mass is 330 g/mol. The lowest BCUT2D eigenvalue weighted by atomic mass is 10.2. The summed E-state index contributed by atoms with van der Waals surface area (Å²) in [4.78, 5) is 20.9. The molecule has 0 atom stereocenters. The minimum atomic E-state index is -0.327. The third kappa shape index (κ3) is 4.23. The molecule has 0 unspecified atom stereocenters. The van der Waals surface area contributed by atoms with Gasteiger partial charge in [-0.15, -0.1) is 0 Å². The normalized spacial score (nSPS) is 15.3. The van der Waals surface area contributed by atoms with Crippen molar-refractivity contribution < 1.29 is 9.32 Å². The summed E-state index contributed by atoms with van der Waals surface area (Å²) in [6.45, 7) is 6.24. The highest BCUT2D eigenvalue weighted by atomic mass is 16.5. The van der Waals surface area contributed by atoms with Crippen LogP contribution in [-0.4, -0.2) is 54.3 Å². The number of hydrogen-bond donors (Lipinski definition) is 2. The van der Waals surface area contributed by atoms with Crippen LogP contribution in [0.4, 0.5) is 16.4 Å². The van der Waals surface area contributed by atoms with Gasteiger partial charge in [0.05, 0.1) is 0 Å². The van der Waals surface area contributed by atoms with E-state index in [1.165, 1.54) is 0 Å². The predicted molar refractivity (Wildman–Crippen MR) is 91.0 cm³/mol. The zero-order valence-corrected chi connectivity index (χ0v) is 14.0. The lowest BCUT2D eigenvalue weighted by molar-refractivity contribution is 0.251. The molecule has 1 aliphatic rings. The van der Waals surface area contributed by atoms with Gasteiger partial charge in [-0.1, -0.05) is 11.2 Å². The van der Waals surface area contributed by atoms with E-state index in [9.17, 15) is 4.79 Å². The highest BCUT2D eigenvalue weighted by Crippen LogP contribution is 2.13. The van der Waals surface area contributed by atoms with E-state index in [1.807, 2.05) is 12.1 Å². The molecule has 2 aromatic rings. The number of carbonyl (C=O) groups excluding carboxylic acids is 1. The van der Waals surface area contributed by atoms with Crippen LogP contribution in [0.3, 0.4) is 0 Å². The molecule has 8 heteroatoms. The van der Waals surface area contributed by atoms with Crippen molar-refractivity contribution in [1.82, 2.24) is 20.4 Å². The van der Waals surface area contributed by atoms with Crippen molar-refractivity contribution in [1.29, 1.82) is 0 Å². The van der Waals surface area contributed by atoms with Gasteiger partial charge in [0.15, 0.2) is 5.82 Å². The van der Waals surface area contributed by atoms with E-state index in [-0.39, 0.29) is 6.03 Å². The van der Waals surface area contributed by atoms with Crippen molar-refractivity contribution in [3.05, 3.63) is 35.7 Å². The molecule has 0 aliphatic carbocycles. The van der Waals surface area contributed by atoms with Crippen molar-refractivity contribution >= 4 is 17.7 Å². The Morgan fingerprint density at radius 2 is 2.08 bits per heavy atom. The Bertz CT molecular complexity index is 676. The number of amides is 2. The number of hydrogen-bond acceptors (Lipinski definition) is 6. The number of nitrogens with one attached hydrogen (secondary N) is 2. The summed E-state index contributed by atoms with van der Waals surface area (Å²) in [7, 11) is 2.13. The average Bonchev–Trinajstić information content (AvgIpc) is 2.99. The number of nitrogens with zero attached hydrogens (tertiary/aromatic N) is 4. The first-order valence-corrected chi connectivity index (χ1v) is 7.97. The zero-order chi connectivity index (χ0) is 16.9. The van der Waals surface area contributed by atoms with Gasteiger partial charge in [0.1, 0.15) is 11.6 Å². The molecule has 1 fully saturated rings. The van der Waals surface area contributed by atoms with E-state index in [0.717, 1.165) is 37.6 Å². The Labute approximate surface area is 140 Å². The van der Waals surface area contributed by atoms with Crippen LogP contribution in [0.25, 0.3) is 0 Å². The molecule has 0 bridgehead atoms. The van der Waals surface area contributed by atoms with Gasteiger partial charge in [0.25, 0.3) is 0 Å². The summed E-state index contributed by atoms with van der Waals surface area (Å²) in [5, 5.41) is 9.09. The Kier molecular flexibility index (Phi) is 4.95. The molecular formula is C16H22N6O2. The largest absolute Gasteiger partial charge is 0.360 e. The third-order valence-corrected chi connectivity index (χ3v) is 3.96. The van der Waals surface area contributed by atoms with Gasteiger partial charge in [-0.2, -0.15) is 0 Å². The maximum Gasteiger partial charge on any atom is 0.320 e. The van der Waals surface area contributed by atoms with Crippen molar-refractivity contribution in [2.75, 3.05) is 43.4 Å². The summed E-state index contributed by atoms with van der Waals surface area (Å²) in [6, 6.07) is 5.32. The molecule has 2 amide bonds. The number of piperazine rings is 1. The fourth-order valence-corrected chi connectivity index (χ4v) is 2.51. The van der Waals surface area contributed by atoms with E-state index in [1.54, 1.807) is 19.2 Å². The first-order valence-electron chi connectivity index (χ1n) is 7.97. The highest BCUT2D eigenvalue weighted by Gasteiger charge is 2.15. The van der Waals surface area contributed by atoms with Crippen LogP contribution >= 0.6 is 0 Å². The molecule has 2 N–H and O–H groups in total. The minimum absolute atomic E-state index is 0.327. The quantitative estimate of drug-likeness (QED) is 0.882. The maximum atomic E-state index is 11.8. The predicted octanol–water partition coefficient (Wildman–Crippen LogP) is 1.45. The summed E-state index contributed by atoms with van der Waals surface area (Å²) in [5.74, 6) is 2.02. The van der Waals surface area contributed by atoms with E-state index in [4.69, 9.17) is 4.52 Å². The summed E-state index contributed by atoms with van der Waals surface area (Å²) in [5.41, 5.74) is 0.944. The number of pyridine rings is 1. The molecule has 0 spiro atoms. The molecule has 1 aliphatic heterocycles. The summed E-state index contributed by atoms with van der Waals surface area (Å²) < 4.78 is 4.90. The lowest BCUT2D eigenvalue weighted by Gasteiger charge is -2.33. The van der Waals surface area contributed by atoms with Crippen molar-refractivity contribution in [2.24, 2.45) is 0 Å². The number of likely N-dealkylation sites (N-methyl/N-ethyl adjacent to an activating group) is 1. The molecule has 128 valence electrons. The first kappa shape index (κ1) is 16.3. The Balaban J connectivity index is 1.48. The minimum Gasteiger partial charge on any atom is -0.360 e. The average molecular weight is 330 g/mol. The van der Waals surface area contributed by atoms with Crippen LogP contribution in [0, 0.1) is 6.92 Å². The van der Waals surface area contributed by atoms with E-state index in [2.05, 4.69) is 37.6 Å². The van der Waals surface area contributed by atoms with Crippen LogP contribution < -0.4 is 15.5 Å². The fraction of sp³-hybridized carbons (Fsp3) is 0.438. The molecule has 0 aromatic carbocycles. The van der Waals surface area contributed by atoms with Gasteiger partial charge in [-0.25, -0.2) is 9.78 Å². The maximum absolute atomic E-state index is 11.8. The highest BCUT2D eigenvalue weighted by molar-refractivity contribution is 5.88. The van der Waals surface area contributed by atoms with Gasteiger partial charge in [0.2, 0.25) is 0 Å². The molecule has 8 nitrogen and oxygen atoms in total. The Morgan fingerprint density at radius 3 is 2.71 bits per heavy atom. The van der Waals surface area contributed by atoms with Crippen molar-refractivity contribution in [3.8, 4) is 0 Å². The number of anilines is 2. The molecule has 0 radical (unpaired) electrons. The molecule has 0 saturated carbocycles. The topological polar surface area (TPSA) is 86.5 Å². The molecular weight excluding hydrogens is 308 g/mol. The second kappa shape index (κ2) is 7.31. The standard InChI is InChI=1S/C16H22N6O2/c1-12-9-14(20-24-12)19-16(23)18-11-13-3-4-15(17-10-13)22-7-5-21(2)6-8-22/h3-4,9-10H,5-8,11H2,1-2H3,(H2,18,19,20,23). The van der Waals surface area contributed by atoms with Gasteiger partial charge >= 0.3 is 6.03 Å². The van der Waals surface area contributed by atoms with Gasteiger partial charge < -0.3 is 19.6 Å². The second-order valence-corrected chi connectivity index (χ2v) is 5.95. The number of carbonyl (C=O) groups is 1. The number of urea groups is 1. The fourth-order valence-electron chi connectivity index (χ4n) is 2.51. The van der Waals surface area contributed by atoms with Crippen LogP contribution in [-0.2, 0) is 6.54 Å². The van der Waals surface area contributed by atoms with Crippen LogP contribution in [0.2, 0.25) is 0 Å². The molecule has 24 heavy (non-hydrogen) atoms. The van der Waals surface area contributed by atoms with Gasteiger partial charge in [-0.3, -0.25) is 5.32 Å². The molecule has 3 heterocycles. The first-order chi connectivity index (χ1) is 11.6. The third-order valence-electron chi connectivity index (χ3n) is 3.96. The van der Waals surface area contributed by atoms with Gasteiger partial charge in [0, 0.05) is 45.0 Å². The van der Waals surface area contributed by atoms with Gasteiger partial charge in [-0.05, 0) is 25.6 Å². The van der Waals surface area contributed by atoms with Crippen LogP contribution in [0.1, 0.15) is 11.3 Å². The number of aromatic nitrogens is 2. The Morgan fingerprint density at radius 1 is 1.29 bits per heavy atom. The van der Waals surface area contributed by atoms with E-state index < -0.39 is 0 Å². The summed E-state index contributed by atoms with van der Waals surface area (Å²) >= 11 is 0. The van der Waals surface area contributed by atoms with Crippen molar-refractivity contribution in [3.63, 3.8) is 0 Å². The Hall–Kier alpha value is -2.61.